The van der Waals surface area contributed by atoms with Gasteiger partial charge in [-0.1, -0.05) is 41.6 Å². The highest BCUT2D eigenvalue weighted by atomic mass is 16.5. The summed E-state index contributed by atoms with van der Waals surface area (Å²) in [4.78, 5) is 16.0. The molecular formula is C15H11N3O2. The number of amides is 1. The van der Waals surface area contributed by atoms with Gasteiger partial charge in [-0.15, -0.1) is 0 Å². The lowest BCUT2D eigenvalue weighted by molar-refractivity contribution is 0.101. The van der Waals surface area contributed by atoms with Crippen LogP contribution in [0.15, 0.2) is 65.4 Å². The molecule has 20 heavy (non-hydrogen) atoms. The van der Waals surface area contributed by atoms with Gasteiger partial charge in [0.1, 0.15) is 5.69 Å². The lowest BCUT2D eigenvalue weighted by Gasteiger charge is -2.03. The average Bonchev–Trinajstić information content (AvgIpc) is 2.97. The van der Waals surface area contributed by atoms with Crippen molar-refractivity contribution in [3.8, 4) is 11.1 Å². The van der Waals surface area contributed by atoms with Gasteiger partial charge in [-0.05, 0) is 17.7 Å². The van der Waals surface area contributed by atoms with E-state index in [0.29, 0.717) is 11.6 Å². The molecule has 3 aromatic rings. The second kappa shape index (κ2) is 5.36. The van der Waals surface area contributed by atoms with E-state index in [2.05, 4.69) is 15.5 Å². The monoisotopic (exact) mass is 265 g/mol. The average molecular weight is 265 g/mol. The number of nitrogens with one attached hydrogen (secondary N) is 1. The first-order valence-corrected chi connectivity index (χ1v) is 6.07. The van der Waals surface area contributed by atoms with E-state index in [1.165, 1.54) is 0 Å². The minimum atomic E-state index is -0.334. The molecule has 2 heterocycles. The molecule has 0 aliphatic heterocycles. The molecule has 0 aliphatic rings. The number of carbonyl (C=O) groups excluding carboxylic acids is 1. The van der Waals surface area contributed by atoms with Crippen LogP contribution in [0.25, 0.3) is 11.1 Å². The third-order valence-electron chi connectivity index (χ3n) is 2.78. The van der Waals surface area contributed by atoms with Gasteiger partial charge in [0.2, 0.25) is 5.88 Å². The van der Waals surface area contributed by atoms with Crippen molar-refractivity contribution in [1.82, 2.24) is 10.1 Å². The van der Waals surface area contributed by atoms with Crippen molar-refractivity contribution in [1.29, 1.82) is 0 Å². The summed E-state index contributed by atoms with van der Waals surface area (Å²) in [6.07, 6.45) is 3.14. The predicted octanol–water partition coefficient (Wildman–Crippen LogP) is 2.99. The number of benzene rings is 1. The second-order valence-corrected chi connectivity index (χ2v) is 4.10. The molecule has 0 unspecified atom stereocenters. The van der Waals surface area contributed by atoms with Crippen LogP contribution in [-0.4, -0.2) is 16.0 Å². The number of anilines is 1. The van der Waals surface area contributed by atoms with E-state index in [4.69, 9.17) is 4.52 Å². The van der Waals surface area contributed by atoms with E-state index in [1.807, 2.05) is 30.3 Å². The second-order valence-electron chi connectivity index (χ2n) is 4.10. The van der Waals surface area contributed by atoms with Crippen molar-refractivity contribution >= 4 is 11.8 Å². The molecule has 0 saturated carbocycles. The number of rotatable bonds is 3. The van der Waals surface area contributed by atoms with E-state index in [-0.39, 0.29) is 5.91 Å². The van der Waals surface area contributed by atoms with Crippen LogP contribution in [0, 0.1) is 0 Å². The van der Waals surface area contributed by atoms with E-state index >= 15 is 0 Å². The fourth-order valence-corrected chi connectivity index (χ4v) is 1.82. The van der Waals surface area contributed by atoms with Gasteiger partial charge in [0, 0.05) is 6.20 Å². The molecule has 5 heteroatoms. The smallest absolute Gasteiger partial charge is 0.276 e. The molecule has 0 fully saturated rings. The van der Waals surface area contributed by atoms with E-state index in [1.54, 1.807) is 30.6 Å². The predicted molar refractivity (Wildman–Crippen MR) is 74.1 cm³/mol. The Balaban J connectivity index is 1.86. The molecule has 2 aromatic heterocycles. The van der Waals surface area contributed by atoms with Crippen LogP contribution in [0.4, 0.5) is 5.88 Å². The summed E-state index contributed by atoms with van der Waals surface area (Å²) in [5, 5.41) is 6.41. The fourth-order valence-electron chi connectivity index (χ4n) is 1.82. The van der Waals surface area contributed by atoms with E-state index in [9.17, 15) is 4.79 Å². The number of aromatic nitrogens is 2. The number of pyridine rings is 1. The third kappa shape index (κ3) is 2.42. The molecule has 0 radical (unpaired) electrons. The van der Waals surface area contributed by atoms with Crippen LogP contribution < -0.4 is 5.32 Å². The largest absolute Gasteiger partial charge is 0.338 e. The summed E-state index contributed by atoms with van der Waals surface area (Å²) < 4.78 is 5.10. The molecular weight excluding hydrogens is 254 g/mol. The molecule has 5 nitrogen and oxygen atoms in total. The van der Waals surface area contributed by atoms with Gasteiger partial charge >= 0.3 is 0 Å². The Labute approximate surface area is 115 Å². The maximum atomic E-state index is 12.0. The number of nitrogens with zero attached hydrogens (tertiary/aromatic N) is 2. The SMILES string of the molecule is O=C(Nc1oncc1-c1ccccc1)c1ccccn1. The quantitative estimate of drug-likeness (QED) is 0.790. The lowest BCUT2D eigenvalue weighted by atomic mass is 10.1. The van der Waals surface area contributed by atoms with Gasteiger partial charge in [-0.2, -0.15) is 0 Å². The van der Waals surface area contributed by atoms with Crippen molar-refractivity contribution in [2.75, 3.05) is 5.32 Å². The summed E-state index contributed by atoms with van der Waals surface area (Å²) in [7, 11) is 0. The summed E-state index contributed by atoms with van der Waals surface area (Å²) in [5.74, 6) is -0.0219. The van der Waals surface area contributed by atoms with Crippen molar-refractivity contribution in [3.63, 3.8) is 0 Å². The highest BCUT2D eigenvalue weighted by molar-refractivity contribution is 6.03. The van der Waals surface area contributed by atoms with Crippen LogP contribution in [-0.2, 0) is 0 Å². The van der Waals surface area contributed by atoms with Gasteiger partial charge < -0.3 is 4.52 Å². The third-order valence-corrected chi connectivity index (χ3v) is 2.78. The normalized spacial score (nSPS) is 10.2. The molecule has 1 N–H and O–H groups in total. The van der Waals surface area contributed by atoms with Crippen LogP contribution in [0.3, 0.4) is 0 Å². The van der Waals surface area contributed by atoms with Crippen molar-refractivity contribution in [3.05, 3.63) is 66.6 Å². The van der Waals surface area contributed by atoms with Crippen molar-refractivity contribution < 1.29 is 9.32 Å². The minimum absolute atomic E-state index is 0.312. The molecule has 1 aromatic carbocycles. The Morgan fingerprint density at radius 1 is 1.05 bits per heavy atom. The molecule has 1 amide bonds. The summed E-state index contributed by atoms with van der Waals surface area (Å²) in [6.45, 7) is 0. The minimum Gasteiger partial charge on any atom is -0.338 e. The van der Waals surface area contributed by atoms with Crippen molar-refractivity contribution in [2.45, 2.75) is 0 Å². The first-order valence-electron chi connectivity index (χ1n) is 6.07. The maximum Gasteiger partial charge on any atom is 0.276 e. The Hall–Kier alpha value is -2.95. The molecule has 0 spiro atoms. The highest BCUT2D eigenvalue weighted by Crippen LogP contribution is 2.27. The Morgan fingerprint density at radius 3 is 2.60 bits per heavy atom. The van der Waals surface area contributed by atoms with Gasteiger partial charge in [0.25, 0.3) is 5.91 Å². The van der Waals surface area contributed by atoms with Crippen LogP contribution >= 0.6 is 0 Å². The van der Waals surface area contributed by atoms with Crippen LogP contribution in [0.2, 0.25) is 0 Å². The van der Waals surface area contributed by atoms with E-state index < -0.39 is 0 Å². The molecule has 0 atom stereocenters. The summed E-state index contributed by atoms with van der Waals surface area (Å²) in [5.41, 5.74) is 1.97. The van der Waals surface area contributed by atoms with Crippen molar-refractivity contribution in [2.24, 2.45) is 0 Å². The zero-order valence-corrected chi connectivity index (χ0v) is 10.5. The fraction of sp³-hybridized carbons (Fsp3) is 0. The van der Waals surface area contributed by atoms with E-state index in [0.717, 1.165) is 11.1 Å². The standard InChI is InChI=1S/C15H11N3O2/c19-14(13-8-4-5-9-16-13)18-15-12(10-17-20-15)11-6-2-1-3-7-11/h1-10H,(H,18,19). The van der Waals surface area contributed by atoms with Gasteiger partial charge in [-0.3, -0.25) is 15.1 Å². The van der Waals surface area contributed by atoms with Gasteiger partial charge in [-0.25, -0.2) is 0 Å². The Bertz CT molecular complexity index is 708. The first-order chi connectivity index (χ1) is 9.84. The zero-order chi connectivity index (χ0) is 13.8. The molecule has 3 rings (SSSR count). The molecule has 0 bridgehead atoms. The number of hydrogen-bond acceptors (Lipinski definition) is 4. The molecule has 98 valence electrons. The molecule has 0 saturated heterocycles. The zero-order valence-electron chi connectivity index (χ0n) is 10.5. The Morgan fingerprint density at radius 2 is 1.85 bits per heavy atom. The maximum absolute atomic E-state index is 12.0. The van der Waals surface area contributed by atoms with Crippen LogP contribution in [0.5, 0.6) is 0 Å². The summed E-state index contributed by atoms with van der Waals surface area (Å²) in [6, 6.07) is 14.7. The summed E-state index contributed by atoms with van der Waals surface area (Å²) >= 11 is 0. The van der Waals surface area contributed by atoms with Gasteiger partial charge in [0.05, 0.1) is 11.8 Å². The lowest BCUT2D eigenvalue weighted by Crippen LogP contribution is -2.13. The Kier molecular flexibility index (Phi) is 3.24. The first kappa shape index (κ1) is 12.1. The van der Waals surface area contributed by atoms with Crippen LogP contribution in [0.1, 0.15) is 10.5 Å². The number of hydrogen-bond donors (Lipinski definition) is 1. The van der Waals surface area contributed by atoms with Gasteiger partial charge in [0.15, 0.2) is 0 Å². The highest BCUT2D eigenvalue weighted by Gasteiger charge is 2.14. The topological polar surface area (TPSA) is 68.0 Å². The number of carbonyl (C=O) groups is 1. The molecule has 0 aliphatic carbocycles.